The molecule has 1 heterocycles. The van der Waals surface area contributed by atoms with Gasteiger partial charge in [-0.15, -0.1) is 0 Å². The first-order chi connectivity index (χ1) is 12.0. The van der Waals surface area contributed by atoms with Crippen LogP contribution in [0.25, 0.3) is 0 Å². The molecule has 0 bridgehead atoms. The van der Waals surface area contributed by atoms with Crippen molar-refractivity contribution in [3.63, 3.8) is 0 Å². The summed E-state index contributed by atoms with van der Waals surface area (Å²) in [5.74, 6) is 1.54. The molecule has 6 nitrogen and oxygen atoms in total. The van der Waals surface area contributed by atoms with Gasteiger partial charge in [-0.1, -0.05) is 6.07 Å². The van der Waals surface area contributed by atoms with Gasteiger partial charge in [0, 0.05) is 11.8 Å². The molecule has 0 fully saturated rings. The molecule has 25 heavy (non-hydrogen) atoms. The Kier molecular flexibility index (Phi) is 4.48. The summed E-state index contributed by atoms with van der Waals surface area (Å²) in [6.07, 6.45) is 0. The van der Waals surface area contributed by atoms with Crippen molar-refractivity contribution in [1.82, 2.24) is 9.97 Å². The Morgan fingerprint density at radius 3 is 2.44 bits per heavy atom. The Bertz CT molecular complexity index is 945. The number of rotatable bonds is 4. The third-order valence-electron chi connectivity index (χ3n) is 3.71. The highest BCUT2D eigenvalue weighted by Crippen LogP contribution is 2.25. The van der Waals surface area contributed by atoms with Crippen molar-refractivity contribution in [3.8, 4) is 17.7 Å². The number of anilines is 3. The number of nitrogens with one attached hydrogen (secondary N) is 1. The van der Waals surface area contributed by atoms with Crippen LogP contribution in [0.2, 0.25) is 0 Å². The number of aromatic nitrogens is 2. The minimum atomic E-state index is 0.109. The predicted octanol–water partition coefficient (Wildman–Crippen LogP) is 4.08. The van der Waals surface area contributed by atoms with Crippen LogP contribution in [0, 0.1) is 25.2 Å². The first kappa shape index (κ1) is 16.3. The molecule has 0 aliphatic carbocycles. The fraction of sp³-hybridized carbons (Fsp3) is 0.105. The van der Waals surface area contributed by atoms with Crippen molar-refractivity contribution in [2.24, 2.45) is 0 Å². The average molecular weight is 331 g/mol. The number of nitrogens with zero attached hydrogens (tertiary/aromatic N) is 3. The van der Waals surface area contributed by atoms with Gasteiger partial charge in [0.25, 0.3) is 0 Å². The molecule has 124 valence electrons. The van der Waals surface area contributed by atoms with Gasteiger partial charge in [0.15, 0.2) is 0 Å². The van der Waals surface area contributed by atoms with Crippen molar-refractivity contribution >= 4 is 17.5 Å². The van der Waals surface area contributed by atoms with Crippen LogP contribution in [0.4, 0.5) is 17.5 Å². The third kappa shape index (κ3) is 4.03. The first-order valence-electron chi connectivity index (χ1n) is 7.70. The lowest BCUT2D eigenvalue weighted by atomic mass is 10.1. The van der Waals surface area contributed by atoms with Crippen molar-refractivity contribution in [2.75, 3.05) is 11.1 Å². The van der Waals surface area contributed by atoms with Gasteiger partial charge in [0.1, 0.15) is 11.6 Å². The summed E-state index contributed by atoms with van der Waals surface area (Å²) >= 11 is 0. The van der Waals surface area contributed by atoms with E-state index in [1.54, 1.807) is 30.3 Å². The van der Waals surface area contributed by atoms with E-state index in [4.69, 9.17) is 15.7 Å². The van der Waals surface area contributed by atoms with E-state index >= 15 is 0 Å². The Morgan fingerprint density at radius 2 is 1.76 bits per heavy atom. The SMILES string of the molecule is Cc1ccc(Nc2cc(Oc3ccc(C#N)cc3)nc(N)n2)cc1C. The summed E-state index contributed by atoms with van der Waals surface area (Å²) in [5.41, 5.74) is 9.65. The molecular formula is C19H17N5O. The average Bonchev–Trinajstić information content (AvgIpc) is 2.58. The van der Waals surface area contributed by atoms with Crippen LogP contribution in [0.1, 0.15) is 16.7 Å². The normalized spacial score (nSPS) is 10.1. The lowest BCUT2D eigenvalue weighted by molar-refractivity contribution is 0.463. The topological polar surface area (TPSA) is 96.8 Å². The largest absolute Gasteiger partial charge is 0.439 e. The summed E-state index contributed by atoms with van der Waals surface area (Å²) in [4.78, 5) is 8.27. The van der Waals surface area contributed by atoms with Crippen molar-refractivity contribution in [2.45, 2.75) is 13.8 Å². The van der Waals surface area contributed by atoms with Gasteiger partial charge in [0.05, 0.1) is 11.6 Å². The molecule has 3 aromatic rings. The van der Waals surface area contributed by atoms with Gasteiger partial charge in [-0.25, -0.2) is 0 Å². The predicted molar refractivity (Wildman–Crippen MR) is 96.9 cm³/mol. The standard InChI is InChI=1S/C19H17N5O/c1-12-3-6-15(9-13(12)2)22-17-10-18(24-19(21)23-17)25-16-7-4-14(11-20)5-8-16/h3-10H,1-2H3,(H3,21,22,23,24). The van der Waals surface area contributed by atoms with Crippen molar-refractivity contribution in [3.05, 3.63) is 65.2 Å². The second-order valence-corrected chi connectivity index (χ2v) is 5.61. The summed E-state index contributed by atoms with van der Waals surface area (Å²) in [6, 6.07) is 16.5. The number of nitriles is 1. The van der Waals surface area contributed by atoms with Crippen LogP contribution in [0.3, 0.4) is 0 Å². The number of hydrogen-bond acceptors (Lipinski definition) is 6. The first-order valence-corrected chi connectivity index (χ1v) is 7.70. The number of aryl methyl sites for hydroxylation is 2. The monoisotopic (exact) mass is 331 g/mol. The highest BCUT2D eigenvalue weighted by Gasteiger charge is 2.06. The van der Waals surface area contributed by atoms with Gasteiger partial charge >= 0.3 is 0 Å². The van der Waals surface area contributed by atoms with Crippen LogP contribution in [0.5, 0.6) is 11.6 Å². The molecule has 0 saturated heterocycles. The van der Waals surface area contributed by atoms with Crippen LogP contribution in [-0.2, 0) is 0 Å². The molecule has 2 aromatic carbocycles. The Balaban J connectivity index is 1.82. The van der Waals surface area contributed by atoms with E-state index in [1.807, 2.05) is 25.1 Å². The van der Waals surface area contributed by atoms with Gasteiger partial charge < -0.3 is 15.8 Å². The van der Waals surface area contributed by atoms with E-state index in [0.29, 0.717) is 23.0 Å². The molecule has 6 heteroatoms. The molecule has 0 aliphatic rings. The minimum absolute atomic E-state index is 0.109. The highest BCUT2D eigenvalue weighted by molar-refractivity contribution is 5.59. The second-order valence-electron chi connectivity index (χ2n) is 5.61. The molecule has 0 atom stereocenters. The van der Waals surface area contributed by atoms with Crippen LogP contribution >= 0.6 is 0 Å². The molecule has 0 spiro atoms. The fourth-order valence-corrected chi connectivity index (χ4v) is 2.24. The van der Waals surface area contributed by atoms with Gasteiger partial charge in [-0.3, -0.25) is 0 Å². The third-order valence-corrected chi connectivity index (χ3v) is 3.71. The molecule has 3 N–H and O–H groups in total. The van der Waals surface area contributed by atoms with Gasteiger partial charge in [0.2, 0.25) is 11.8 Å². The number of nitrogen functional groups attached to an aromatic ring is 1. The maximum absolute atomic E-state index is 8.83. The summed E-state index contributed by atoms with van der Waals surface area (Å²) in [6.45, 7) is 4.11. The van der Waals surface area contributed by atoms with E-state index in [1.165, 1.54) is 11.1 Å². The van der Waals surface area contributed by atoms with Gasteiger partial charge in [-0.2, -0.15) is 15.2 Å². The maximum Gasteiger partial charge on any atom is 0.226 e. The molecule has 0 unspecified atom stereocenters. The molecule has 0 aliphatic heterocycles. The quantitative estimate of drug-likeness (QED) is 0.747. The molecular weight excluding hydrogens is 314 g/mol. The Hall–Kier alpha value is -3.59. The zero-order valence-electron chi connectivity index (χ0n) is 13.9. The Morgan fingerprint density at radius 1 is 1.00 bits per heavy atom. The number of ether oxygens (including phenoxy) is 1. The maximum atomic E-state index is 8.83. The van der Waals surface area contributed by atoms with E-state index in [0.717, 1.165) is 5.69 Å². The zero-order chi connectivity index (χ0) is 17.8. The van der Waals surface area contributed by atoms with Crippen molar-refractivity contribution in [1.29, 1.82) is 5.26 Å². The lowest BCUT2D eigenvalue weighted by Crippen LogP contribution is -2.02. The summed E-state index contributed by atoms with van der Waals surface area (Å²) in [7, 11) is 0. The van der Waals surface area contributed by atoms with E-state index in [2.05, 4.69) is 28.3 Å². The molecule has 1 aromatic heterocycles. The Labute approximate surface area is 145 Å². The number of nitrogens with two attached hydrogens (primary N) is 1. The molecule has 0 amide bonds. The van der Waals surface area contributed by atoms with E-state index < -0.39 is 0 Å². The van der Waals surface area contributed by atoms with Crippen LogP contribution in [0.15, 0.2) is 48.5 Å². The molecule has 0 saturated carbocycles. The molecule has 0 radical (unpaired) electrons. The fourth-order valence-electron chi connectivity index (χ4n) is 2.24. The highest BCUT2D eigenvalue weighted by atomic mass is 16.5. The van der Waals surface area contributed by atoms with Crippen LogP contribution in [-0.4, -0.2) is 9.97 Å². The van der Waals surface area contributed by atoms with Gasteiger partial charge in [-0.05, 0) is 61.4 Å². The van der Waals surface area contributed by atoms with Crippen molar-refractivity contribution < 1.29 is 4.74 Å². The summed E-state index contributed by atoms with van der Waals surface area (Å²) < 4.78 is 5.70. The molecule has 3 rings (SSSR count). The van der Waals surface area contributed by atoms with E-state index in [9.17, 15) is 0 Å². The minimum Gasteiger partial charge on any atom is -0.439 e. The smallest absolute Gasteiger partial charge is 0.226 e. The number of benzene rings is 2. The number of hydrogen-bond donors (Lipinski definition) is 2. The summed E-state index contributed by atoms with van der Waals surface area (Å²) in [5, 5.41) is 12.0. The van der Waals surface area contributed by atoms with Crippen LogP contribution < -0.4 is 15.8 Å². The zero-order valence-corrected chi connectivity index (χ0v) is 13.9. The lowest BCUT2D eigenvalue weighted by Gasteiger charge is -2.10. The second kappa shape index (κ2) is 6.89. The van der Waals surface area contributed by atoms with E-state index in [-0.39, 0.29) is 5.95 Å².